The Morgan fingerprint density at radius 2 is 2.09 bits per heavy atom. The van der Waals surface area contributed by atoms with Crippen molar-refractivity contribution < 1.29 is 9.59 Å². The molecule has 2 amide bonds. The predicted molar refractivity (Wildman–Crippen MR) is 92.4 cm³/mol. The number of thioether (sulfide) groups is 1. The number of carbonyl (C=O) groups is 2. The van der Waals surface area contributed by atoms with Gasteiger partial charge in [0.15, 0.2) is 0 Å². The Labute approximate surface area is 141 Å². The Kier molecular flexibility index (Phi) is 4.92. The lowest BCUT2D eigenvalue weighted by molar-refractivity contribution is -0.127. The van der Waals surface area contributed by atoms with E-state index in [-0.39, 0.29) is 30.2 Å². The lowest BCUT2D eigenvalue weighted by atomic mass is 10.1. The lowest BCUT2D eigenvalue weighted by Gasteiger charge is -2.20. The van der Waals surface area contributed by atoms with Crippen LogP contribution in [0.4, 0.5) is 5.69 Å². The van der Waals surface area contributed by atoms with Gasteiger partial charge in [0.2, 0.25) is 11.8 Å². The van der Waals surface area contributed by atoms with Crippen molar-refractivity contribution in [3.63, 3.8) is 0 Å². The van der Waals surface area contributed by atoms with Gasteiger partial charge in [-0.1, -0.05) is 0 Å². The average molecular weight is 333 g/mol. The SMILES string of the molecule is CSc1ccc(N2CC(C(=O)NC(CN)C3CC3)CC2=O)cc1. The number of nitrogens with one attached hydrogen (secondary N) is 1. The Hall–Kier alpha value is -1.53. The zero-order valence-electron chi connectivity index (χ0n) is 13.3. The molecule has 0 bridgehead atoms. The van der Waals surface area contributed by atoms with E-state index in [1.54, 1.807) is 16.7 Å². The largest absolute Gasteiger partial charge is 0.352 e. The van der Waals surface area contributed by atoms with Gasteiger partial charge in [-0.05, 0) is 49.3 Å². The molecule has 3 N–H and O–H groups in total. The summed E-state index contributed by atoms with van der Waals surface area (Å²) in [4.78, 5) is 27.6. The first-order valence-corrected chi connectivity index (χ1v) is 9.29. The van der Waals surface area contributed by atoms with Gasteiger partial charge in [0, 0.05) is 36.1 Å². The van der Waals surface area contributed by atoms with E-state index >= 15 is 0 Å². The van der Waals surface area contributed by atoms with E-state index in [4.69, 9.17) is 5.73 Å². The summed E-state index contributed by atoms with van der Waals surface area (Å²) < 4.78 is 0. The van der Waals surface area contributed by atoms with E-state index < -0.39 is 0 Å². The molecule has 3 rings (SSSR count). The van der Waals surface area contributed by atoms with Crippen molar-refractivity contribution in [3.05, 3.63) is 24.3 Å². The molecule has 1 aliphatic carbocycles. The van der Waals surface area contributed by atoms with Crippen molar-refractivity contribution in [2.45, 2.75) is 30.2 Å². The van der Waals surface area contributed by atoms with Crippen LogP contribution in [-0.4, -0.2) is 37.2 Å². The smallest absolute Gasteiger partial charge is 0.227 e. The van der Waals surface area contributed by atoms with Crippen LogP contribution in [0, 0.1) is 11.8 Å². The van der Waals surface area contributed by atoms with Gasteiger partial charge in [0.1, 0.15) is 0 Å². The highest BCUT2D eigenvalue weighted by atomic mass is 32.2. The van der Waals surface area contributed by atoms with Crippen LogP contribution in [0.5, 0.6) is 0 Å². The molecule has 5 nitrogen and oxygen atoms in total. The molecule has 1 saturated heterocycles. The number of nitrogens with two attached hydrogens (primary N) is 1. The molecule has 124 valence electrons. The standard InChI is InChI=1S/C17H23N3O2S/c1-23-14-6-4-13(5-7-14)20-10-12(8-16(20)21)17(22)19-15(9-18)11-2-3-11/h4-7,11-12,15H,2-3,8-10,18H2,1H3,(H,19,22). The molecule has 1 heterocycles. The van der Waals surface area contributed by atoms with Gasteiger partial charge in [-0.25, -0.2) is 0 Å². The van der Waals surface area contributed by atoms with Gasteiger partial charge in [0.25, 0.3) is 0 Å². The highest BCUT2D eigenvalue weighted by molar-refractivity contribution is 7.98. The molecule has 0 aromatic heterocycles. The Morgan fingerprint density at radius 3 is 2.65 bits per heavy atom. The molecular formula is C17H23N3O2S. The molecular weight excluding hydrogens is 310 g/mol. The first-order chi connectivity index (χ1) is 11.1. The minimum absolute atomic E-state index is 0.0118. The van der Waals surface area contributed by atoms with Crippen molar-refractivity contribution in [3.8, 4) is 0 Å². The van der Waals surface area contributed by atoms with E-state index in [2.05, 4.69) is 5.32 Å². The monoisotopic (exact) mass is 333 g/mol. The fraction of sp³-hybridized carbons (Fsp3) is 0.529. The molecule has 23 heavy (non-hydrogen) atoms. The summed E-state index contributed by atoms with van der Waals surface area (Å²) in [6.07, 6.45) is 4.57. The first-order valence-electron chi connectivity index (χ1n) is 8.07. The zero-order chi connectivity index (χ0) is 16.4. The third kappa shape index (κ3) is 3.70. The minimum atomic E-state index is -0.282. The molecule has 0 spiro atoms. The minimum Gasteiger partial charge on any atom is -0.352 e. The molecule has 0 radical (unpaired) electrons. The first kappa shape index (κ1) is 16.3. The predicted octanol–water partition coefficient (Wildman–Crippen LogP) is 1.61. The van der Waals surface area contributed by atoms with Crippen LogP contribution in [0.2, 0.25) is 0 Å². The molecule has 1 aromatic carbocycles. The summed E-state index contributed by atoms with van der Waals surface area (Å²) in [6, 6.07) is 7.94. The van der Waals surface area contributed by atoms with Gasteiger partial charge in [-0.2, -0.15) is 0 Å². The lowest BCUT2D eigenvalue weighted by Crippen LogP contribution is -2.45. The molecule has 2 unspecified atom stereocenters. The third-order valence-corrected chi connectivity index (χ3v) is 5.40. The van der Waals surface area contributed by atoms with Gasteiger partial charge < -0.3 is 16.0 Å². The number of hydrogen-bond donors (Lipinski definition) is 2. The zero-order valence-corrected chi connectivity index (χ0v) is 14.1. The second-order valence-electron chi connectivity index (χ2n) is 6.29. The molecule has 2 fully saturated rings. The van der Waals surface area contributed by atoms with Crippen LogP contribution in [0.1, 0.15) is 19.3 Å². The maximum absolute atomic E-state index is 12.4. The van der Waals surface area contributed by atoms with E-state index in [1.807, 2.05) is 30.5 Å². The normalized spacial score (nSPS) is 22.3. The van der Waals surface area contributed by atoms with Crippen molar-refractivity contribution in [2.24, 2.45) is 17.6 Å². The van der Waals surface area contributed by atoms with Crippen LogP contribution in [0.15, 0.2) is 29.2 Å². The summed E-state index contributed by atoms with van der Waals surface area (Å²) in [5.74, 6) is 0.216. The topological polar surface area (TPSA) is 75.4 Å². The molecule has 1 aromatic rings. The fourth-order valence-electron chi connectivity index (χ4n) is 3.06. The highest BCUT2D eigenvalue weighted by Crippen LogP contribution is 2.33. The Balaban J connectivity index is 1.62. The van der Waals surface area contributed by atoms with E-state index in [0.29, 0.717) is 19.0 Å². The van der Waals surface area contributed by atoms with E-state index in [9.17, 15) is 9.59 Å². The number of carbonyl (C=O) groups excluding carboxylic acids is 2. The number of anilines is 1. The van der Waals surface area contributed by atoms with Crippen molar-refractivity contribution in [1.82, 2.24) is 5.32 Å². The molecule has 2 atom stereocenters. The maximum atomic E-state index is 12.4. The molecule has 6 heteroatoms. The van der Waals surface area contributed by atoms with Crippen molar-refractivity contribution in [2.75, 3.05) is 24.2 Å². The summed E-state index contributed by atoms with van der Waals surface area (Å²) in [5.41, 5.74) is 6.60. The van der Waals surface area contributed by atoms with Crippen molar-refractivity contribution in [1.29, 1.82) is 0 Å². The number of benzene rings is 1. The van der Waals surface area contributed by atoms with Crippen LogP contribution < -0.4 is 16.0 Å². The van der Waals surface area contributed by atoms with E-state index in [0.717, 1.165) is 23.4 Å². The quantitative estimate of drug-likeness (QED) is 0.776. The summed E-state index contributed by atoms with van der Waals surface area (Å²) in [7, 11) is 0. The van der Waals surface area contributed by atoms with Crippen LogP contribution in [-0.2, 0) is 9.59 Å². The van der Waals surface area contributed by atoms with Gasteiger partial charge in [-0.15, -0.1) is 11.8 Å². The average Bonchev–Trinajstić information content (AvgIpc) is 3.34. The van der Waals surface area contributed by atoms with Gasteiger partial charge >= 0.3 is 0 Å². The van der Waals surface area contributed by atoms with Crippen molar-refractivity contribution >= 4 is 29.3 Å². The van der Waals surface area contributed by atoms with Crippen LogP contribution in [0.3, 0.4) is 0 Å². The van der Waals surface area contributed by atoms with Crippen LogP contribution in [0.25, 0.3) is 0 Å². The molecule has 1 aliphatic heterocycles. The van der Waals surface area contributed by atoms with Crippen LogP contribution >= 0.6 is 11.8 Å². The van der Waals surface area contributed by atoms with Gasteiger partial charge in [0.05, 0.1) is 5.92 Å². The Bertz CT molecular complexity index is 586. The summed E-state index contributed by atoms with van der Waals surface area (Å²) >= 11 is 1.66. The van der Waals surface area contributed by atoms with Gasteiger partial charge in [-0.3, -0.25) is 9.59 Å². The van der Waals surface area contributed by atoms with E-state index in [1.165, 1.54) is 0 Å². The molecule has 2 aliphatic rings. The summed E-state index contributed by atoms with van der Waals surface area (Å²) in [5, 5.41) is 3.04. The number of rotatable bonds is 6. The number of nitrogens with zero attached hydrogens (tertiary/aromatic N) is 1. The third-order valence-electron chi connectivity index (χ3n) is 4.65. The molecule has 1 saturated carbocycles. The second kappa shape index (κ2) is 6.93. The maximum Gasteiger partial charge on any atom is 0.227 e. The Morgan fingerprint density at radius 1 is 1.39 bits per heavy atom. The second-order valence-corrected chi connectivity index (χ2v) is 7.17. The number of hydrogen-bond acceptors (Lipinski definition) is 4. The fourth-order valence-corrected chi connectivity index (χ4v) is 3.47. The highest BCUT2D eigenvalue weighted by Gasteiger charge is 2.38. The number of amides is 2. The summed E-state index contributed by atoms with van der Waals surface area (Å²) in [6.45, 7) is 0.919.